The van der Waals surface area contributed by atoms with E-state index in [1.165, 1.54) is 10.4 Å². The number of aliphatic hydroxyl groups is 1. The summed E-state index contributed by atoms with van der Waals surface area (Å²) >= 11 is 0. The molecule has 0 fully saturated rings. The van der Waals surface area contributed by atoms with E-state index in [0.29, 0.717) is 11.3 Å². The van der Waals surface area contributed by atoms with Gasteiger partial charge in [0.2, 0.25) is 10.0 Å². The van der Waals surface area contributed by atoms with Crippen LogP contribution in [-0.4, -0.2) is 55.1 Å². The van der Waals surface area contributed by atoms with Crippen molar-refractivity contribution in [3.8, 4) is 11.5 Å². The summed E-state index contributed by atoms with van der Waals surface area (Å²) in [5, 5.41) is 10.8. The van der Waals surface area contributed by atoms with E-state index in [-0.39, 0.29) is 25.3 Å². The molecule has 2 unspecified atom stereocenters. The molecular formula is C18H26F3NO5S. The summed E-state index contributed by atoms with van der Waals surface area (Å²) in [6.07, 6.45) is -5.49. The van der Waals surface area contributed by atoms with E-state index in [9.17, 15) is 26.7 Å². The van der Waals surface area contributed by atoms with Crippen molar-refractivity contribution in [3.05, 3.63) is 23.8 Å². The highest BCUT2D eigenvalue weighted by atomic mass is 32.2. The quantitative estimate of drug-likeness (QED) is 0.679. The van der Waals surface area contributed by atoms with E-state index in [1.807, 2.05) is 0 Å². The van der Waals surface area contributed by atoms with Gasteiger partial charge in [0.1, 0.15) is 23.2 Å². The summed E-state index contributed by atoms with van der Waals surface area (Å²) in [7, 11) is -3.64. The molecule has 0 aromatic heterocycles. The number of sulfonamides is 1. The predicted molar refractivity (Wildman–Crippen MR) is 97.9 cm³/mol. The van der Waals surface area contributed by atoms with Crippen LogP contribution in [0.5, 0.6) is 11.5 Å². The molecule has 1 aliphatic heterocycles. The van der Waals surface area contributed by atoms with Gasteiger partial charge in [-0.25, -0.2) is 8.42 Å². The number of hydrogen-bond acceptors (Lipinski definition) is 5. The first-order valence-electron chi connectivity index (χ1n) is 8.93. The molecule has 0 saturated carbocycles. The van der Waals surface area contributed by atoms with Crippen LogP contribution in [0.1, 0.15) is 45.2 Å². The maximum atomic E-state index is 12.3. The minimum Gasteiger partial charge on any atom is -0.494 e. The number of nitrogens with zero attached hydrogens (tertiary/aromatic N) is 1. The molecule has 2 rings (SSSR count). The van der Waals surface area contributed by atoms with Gasteiger partial charge in [0.15, 0.2) is 0 Å². The normalized spacial score (nSPS) is 21.9. The highest BCUT2D eigenvalue weighted by molar-refractivity contribution is 7.88. The Balaban J connectivity index is 2.33. The zero-order valence-corrected chi connectivity index (χ0v) is 17.1. The molecule has 1 aromatic rings. The van der Waals surface area contributed by atoms with Crippen LogP contribution < -0.4 is 9.47 Å². The van der Waals surface area contributed by atoms with Gasteiger partial charge in [0, 0.05) is 18.5 Å². The number of aliphatic hydroxyl groups excluding tert-OH is 1. The summed E-state index contributed by atoms with van der Waals surface area (Å²) in [6.45, 7) is 4.97. The van der Waals surface area contributed by atoms with E-state index in [4.69, 9.17) is 9.47 Å². The average Bonchev–Trinajstić information content (AvgIpc) is 2.54. The van der Waals surface area contributed by atoms with E-state index in [0.717, 1.165) is 6.26 Å². The van der Waals surface area contributed by atoms with Crippen LogP contribution in [0.15, 0.2) is 18.2 Å². The highest BCUT2D eigenvalue weighted by Gasteiger charge is 2.47. The molecule has 1 aromatic carbocycles. The molecule has 10 heteroatoms. The zero-order valence-electron chi connectivity index (χ0n) is 16.3. The first kappa shape index (κ1) is 22.8. The van der Waals surface area contributed by atoms with Crippen molar-refractivity contribution in [3.63, 3.8) is 0 Å². The Morgan fingerprint density at radius 3 is 2.50 bits per heavy atom. The van der Waals surface area contributed by atoms with Crippen LogP contribution in [0.4, 0.5) is 13.2 Å². The van der Waals surface area contributed by atoms with Crippen LogP contribution in [0, 0.1) is 0 Å². The number of fused-ring (bicyclic) bond motifs is 1. The summed E-state index contributed by atoms with van der Waals surface area (Å²) in [6, 6.07) is 3.73. The topological polar surface area (TPSA) is 76.1 Å². The maximum absolute atomic E-state index is 12.3. The van der Waals surface area contributed by atoms with Crippen molar-refractivity contribution in [1.82, 2.24) is 4.31 Å². The first-order valence-corrected chi connectivity index (χ1v) is 10.8. The minimum atomic E-state index is -4.25. The molecule has 2 atom stereocenters. The lowest BCUT2D eigenvalue weighted by Gasteiger charge is -2.45. The molecule has 1 aliphatic rings. The number of rotatable bonds is 7. The monoisotopic (exact) mass is 425 g/mol. The van der Waals surface area contributed by atoms with Crippen molar-refractivity contribution in [2.75, 3.05) is 19.4 Å². The molecular weight excluding hydrogens is 399 g/mol. The SMILES string of the molecule is CCN(C1c2cc(OCCCC(F)(F)F)ccc2OC(C)(C)C1O)S(C)(=O)=O. The third-order valence-corrected chi connectivity index (χ3v) is 5.94. The second-order valence-corrected chi connectivity index (χ2v) is 9.26. The van der Waals surface area contributed by atoms with Gasteiger partial charge in [0.05, 0.1) is 18.9 Å². The zero-order chi connectivity index (χ0) is 21.3. The summed E-state index contributed by atoms with van der Waals surface area (Å²) < 4.78 is 73.7. The van der Waals surface area contributed by atoms with Crippen molar-refractivity contribution < 1.29 is 36.2 Å². The third kappa shape index (κ3) is 5.30. The van der Waals surface area contributed by atoms with Gasteiger partial charge in [-0.15, -0.1) is 0 Å². The van der Waals surface area contributed by atoms with Crippen LogP contribution in [-0.2, 0) is 10.0 Å². The second kappa shape index (κ2) is 8.08. The van der Waals surface area contributed by atoms with Gasteiger partial charge in [-0.05, 0) is 38.5 Å². The lowest BCUT2D eigenvalue weighted by atomic mass is 9.86. The van der Waals surface area contributed by atoms with Crippen molar-refractivity contribution >= 4 is 10.0 Å². The Hall–Kier alpha value is -1.52. The predicted octanol–water partition coefficient (Wildman–Crippen LogP) is 3.26. The summed E-state index contributed by atoms with van der Waals surface area (Å²) in [5.74, 6) is 0.677. The molecule has 0 spiro atoms. The van der Waals surface area contributed by atoms with Gasteiger partial charge in [-0.3, -0.25) is 0 Å². The molecule has 0 radical (unpaired) electrons. The van der Waals surface area contributed by atoms with Crippen molar-refractivity contribution in [1.29, 1.82) is 0 Å². The number of benzene rings is 1. The molecule has 1 N–H and O–H groups in total. The van der Waals surface area contributed by atoms with Crippen LogP contribution in [0.2, 0.25) is 0 Å². The number of halogens is 3. The highest BCUT2D eigenvalue weighted by Crippen LogP contribution is 2.44. The molecule has 0 saturated heterocycles. The largest absolute Gasteiger partial charge is 0.494 e. The molecule has 28 heavy (non-hydrogen) atoms. The fourth-order valence-electron chi connectivity index (χ4n) is 3.25. The molecule has 1 heterocycles. The smallest absolute Gasteiger partial charge is 0.389 e. The van der Waals surface area contributed by atoms with E-state index in [1.54, 1.807) is 32.9 Å². The summed E-state index contributed by atoms with van der Waals surface area (Å²) in [4.78, 5) is 0. The lowest BCUT2D eigenvalue weighted by Crippen LogP contribution is -2.54. The lowest BCUT2D eigenvalue weighted by molar-refractivity contribution is -0.136. The van der Waals surface area contributed by atoms with Gasteiger partial charge >= 0.3 is 6.18 Å². The van der Waals surface area contributed by atoms with E-state index in [2.05, 4.69) is 0 Å². The van der Waals surface area contributed by atoms with Gasteiger partial charge in [-0.1, -0.05) is 6.92 Å². The number of ether oxygens (including phenoxy) is 2. The maximum Gasteiger partial charge on any atom is 0.389 e. The number of alkyl halides is 3. The third-order valence-electron chi connectivity index (χ3n) is 4.61. The Kier molecular flexibility index (Phi) is 6.57. The molecule has 160 valence electrons. The van der Waals surface area contributed by atoms with E-state index < -0.39 is 40.4 Å². The van der Waals surface area contributed by atoms with Gasteiger partial charge in [-0.2, -0.15) is 17.5 Å². The van der Waals surface area contributed by atoms with Crippen molar-refractivity contribution in [2.24, 2.45) is 0 Å². The Labute approximate surface area is 163 Å². The standard InChI is InChI=1S/C18H26F3NO5S/c1-5-22(28(4,24)25)15-13-11-12(26-10-6-9-18(19,20)21)7-8-14(13)27-17(2,3)16(15)23/h7-8,11,15-16,23H,5-6,9-10H2,1-4H3. The molecule has 0 bridgehead atoms. The summed E-state index contributed by atoms with van der Waals surface area (Å²) in [5.41, 5.74) is -0.627. The Morgan fingerprint density at radius 1 is 1.32 bits per heavy atom. The molecule has 6 nitrogen and oxygen atoms in total. The van der Waals surface area contributed by atoms with E-state index >= 15 is 0 Å². The Morgan fingerprint density at radius 2 is 1.96 bits per heavy atom. The fraction of sp³-hybridized carbons (Fsp3) is 0.667. The number of likely N-dealkylation sites (N-methyl/N-ethyl adjacent to an activating group) is 1. The van der Waals surface area contributed by atoms with Crippen molar-refractivity contribution in [2.45, 2.75) is 57.5 Å². The molecule has 0 amide bonds. The number of hydrogen-bond donors (Lipinski definition) is 1. The Bertz CT molecular complexity index is 795. The van der Waals surface area contributed by atoms with Gasteiger partial charge in [0.25, 0.3) is 0 Å². The first-order chi connectivity index (χ1) is 12.8. The van der Waals surface area contributed by atoms with Crippen LogP contribution in [0.25, 0.3) is 0 Å². The minimum absolute atomic E-state index is 0.132. The fourth-order valence-corrected chi connectivity index (χ4v) is 4.36. The average molecular weight is 425 g/mol. The van der Waals surface area contributed by atoms with Gasteiger partial charge < -0.3 is 14.6 Å². The van der Waals surface area contributed by atoms with Crippen LogP contribution in [0.3, 0.4) is 0 Å². The second-order valence-electron chi connectivity index (χ2n) is 7.33. The van der Waals surface area contributed by atoms with Crippen LogP contribution >= 0.6 is 0 Å². The molecule has 0 aliphatic carbocycles.